The molecule has 0 fully saturated rings. The molecule has 0 saturated heterocycles. The Kier molecular flexibility index (Phi) is 9.79. The van der Waals surface area contributed by atoms with Gasteiger partial charge in [-0.2, -0.15) is 0 Å². The van der Waals surface area contributed by atoms with Gasteiger partial charge in [0.15, 0.2) is 0 Å². The van der Waals surface area contributed by atoms with E-state index in [1.165, 1.54) is 87.6 Å². The first kappa shape index (κ1) is 41.0. The van der Waals surface area contributed by atoms with Crippen molar-refractivity contribution < 1.29 is 19.7 Å². The number of aliphatic hydroxyl groups is 2. The molecule has 1 aliphatic rings. The van der Waals surface area contributed by atoms with Crippen LogP contribution in [0.4, 0.5) is 0 Å². The Balaban J connectivity index is 1.20. The molecule has 4 heteroatoms. The molecule has 13 rings (SSSR count). The van der Waals surface area contributed by atoms with Crippen LogP contribution in [0.15, 0.2) is 218 Å². The number of rotatable bonds is 10. The third kappa shape index (κ3) is 6.44. The molecular weight excluding hydrogens is 845 g/mol. The van der Waals surface area contributed by atoms with Crippen LogP contribution in [0.5, 0.6) is 11.5 Å². The Morgan fingerprint density at radius 1 is 0.304 bits per heavy atom. The normalized spacial score (nSPS) is 12.8. The lowest BCUT2D eigenvalue weighted by Gasteiger charge is -2.34. The van der Waals surface area contributed by atoms with Crippen molar-refractivity contribution in [3.8, 4) is 44.9 Å². The Morgan fingerprint density at radius 2 is 0.667 bits per heavy atom. The summed E-state index contributed by atoms with van der Waals surface area (Å²) in [4.78, 5) is 0. The first-order valence-electron chi connectivity index (χ1n) is 23.8. The summed E-state index contributed by atoms with van der Waals surface area (Å²) in [5.41, 5.74) is 11.2. The van der Waals surface area contributed by atoms with Gasteiger partial charge in [-0.25, -0.2) is 0 Å². The molecule has 0 unspecified atom stereocenters. The molecule has 0 aliphatic heterocycles. The maximum atomic E-state index is 9.56. The number of aliphatic hydroxyl groups excluding tert-OH is 2. The molecule has 0 atom stereocenters. The third-order valence-electron chi connectivity index (χ3n) is 14.5. The summed E-state index contributed by atoms with van der Waals surface area (Å²) in [6.45, 7) is 0.377. The Morgan fingerprint density at radius 3 is 1.06 bits per heavy atom. The van der Waals surface area contributed by atoms with E-state index in [1.807, 2.05) is 12.1 Å². The molecule has 0 aromatic heterocycles. The average molecular weight is 891 g/mol. The monoisotopic (exact) mass is 890 g/mol. The molecule has 0 spiro atoms. The number of hydrogen-bond donors (Lipinski definition) is 2. The number of hydrogen-bond acceptors (Lipinski definition) is 4. The second-order valence-electron chi connectivity index (χ2n) is 18.2. The van der Waals surface area contributed by atoms with E-state index in [2.05, 4.69) is 206 Å². The van der Waals surface area contributed by atoms with Crippen molar-refractivity contribution in [3.63, 3.8) is 0 Å². The summed E-state index contributed by atoms with van der Waals surface area (Å²) in [7, 11) is 0. The summed E-state index contributed by atoms with van der Waals surface area (Å²) in [6, 6.07) is 80.3. The van der Waals surface area contributed by atoms with E-state index in [0.717, 1.165) is 44.2 Å². The van der Waals surface area contributed by atoms with Gasteiger partial charge in [-0.3, -0.25) is 0 Å². The van der Waals surface area contributed by atoms with Crippen LogP contribution in [0.2, 0.25) is 0 Å². The lowest BCUT2D eigenvalue weighted by atomic mass is 9.67. The van der Waals surface area contributed by atoms with Gasteiger partial charge in [-0.15, -0.1) is 0 Å². The van der Waals surface area contributed by atoms with Gasteiger partial charge in [0.25, 0.3) is 0 Å². The standard InChI is InChI=1S/C65H46O4/c66-31-33-68-51-29-25-41-37-49(27-23-43(41)39-51)65(50-28-24-44-40-52(69-34-32-67)30-26-42(44)38-50)59-21-9-19-57(61-53-15-5-1-11-45(53)35-46-12-2-6-16-54(46)61)63(59)64-58(20-10-22-60(64)65)62-55-17-7-3-13-47(55)36-48-14-4-8-18-56(48)62/h1-30,35-40,66-67H,31-34H2. The molecule has 12 aromatic carbocycles. The highest BCUT2D eigenvalue weighted by Crippen LogP contribution is 2.62. The second-order valence-corrected chi connectivity index (χ2v) is 18.2. The molecule has 69 heavy (non-hydrogen) atoms. The van der Waals surface area contributed by atoms with E-state index in [-0.39, 0.29) is 26.4 Å². The van der Waals surface area contributed by atoms with Crippen molar-refractivity contribution in [2.75, 3.05) is 26.4 Å². The molecule has 0 saturated carbocycles. The predicted molar refractivity (Wildman–Crippen MR) is 285 cm³/mol. The van der Waals surface area contributed by atoms with Gasteiger partial charge in [0.1, 0.15) is 24.7 Å². The molecule has 4 nitrogen and oxygen atoms in total. The highest BCUT2D eigenvalue weighted by Gasteiger charge is 2.48. The van der Waals surface area contributed by atoms with Crippen LogP contribution in [0.1, 0.15) is 22.3 Å². The number of fused-ring (bicyclic) bond motifs is 9. The first-order valence-corrected chi connectivity index (χ1v) is 23.8. The van der Waals surface area contributed by atoms with Gasteiger partial charge in [-0.1, -0.05) is 170 Å². The number of benzene rings is 12. The van der Waals surface area contributed by atoms with E-state index in [1.54, 1.807) is 0 Å². The summed E-state index contributed by atoms with van der Waals surface area (Å²) in [5.74, 6) is 1.46. The zero-order valence-electron chi connectivity index (χ0n) is 37.8. The smallest absolute Gasteiger partial charge is 0.120 e. The second kappa shape index (κ2) is 16.5. The first-order chi connectivity index (χ1) is 34.1. The third-order valence-corrected chi connectivity index (χ3v) is 14.5. The van der Waals surface area contributed by atoms with Crippen molar-refractivity contribution in [2.24, 2.45) is 0 Å². The van der Waals surface area contributed by atoms with E-state index in [0.29, 0.717) is 0 Å². The molecule has 0 heterocycles. The molecular formula is C65H46O4. The van der Waals surface area contributed by atoms with Crippen LogP contribution >= 0.6 is 0 Å². The van der Waals surface area contributed by atoms with Crippen LogP contribution in [0, 0.1) is 0 Å². The lowest BCUT2D eigenvalue weighted by Crippen LogP contribution is -2.28. The van der Waals surface area contributed by atoms with Crippen molar-refractivity contribution >= 4 is 64.6 Å². The summed E-state index contributed by atoms with van der Waals surface area (Å²) in [5, 5.41) is 33.1. The molecule has 2 N–H and O–H groups in total. The van der Waals surface area contributed by atoms with E-state index >= 15 is 0 Å². The average Bonchev–Trinajstić information content (AvgIpc) is 3.72. The van der Waals surface area contributed by atoms with Gasteiger partial charge < -0.3 is 19.7 Å². The van der Waals surface area contributed by atoms with Crippen molar-refractivity contribution in [3.05, 3.63) is 241 Å². The summed E-state index contributed by atoms with van der Waals surface area (Å²) in [6.07, 6.45) is 0. The highest BCUT2D eigenvalue weighted by molar-refractivity contribution is 6.19. The molecule has 12 aromatic rings. The molecule has 1 aliphatic carbocycles. The Bertz CT molecular complexity index is 3650. The fourth-order valence-electron chi connectivity index (χ4n) is 11.6. The maximum absolute atomic E-state index is 9.56. The Labute approximate surface area is 399 Å². The quantitative estimate of drug-likeness (QED) is 0.134. The maximum Gasteiger partial charge on any atom is 0.120 e. The minimum Gasteiger partial charge on any atom is -0.491 e. The fourth-order valence-corrected chi connectivity index (χ4v) is 11.6. The molecule has 0 radical (unpaired) electrons. The largest absolute Gasteiger partial charge is 0.491 e. The van der Waals surface area contributed by atoms with Crippen molar-refractivity contribution in [1.82, 2.24) is 0 Å². The molecule has 0 amide bonds. The van der Waals surface area contributed by atoms with Crippen LogP contribution in [-0.4, -0.2) is 36.6 Å². The van der Waals surface area contributed by atoms with Crippen LogP contribution in [0.3, 0.4) is 0 Å². The van der Waals surface area contributed by atoms with Gasteiger partial charge in [0.05, 0.1) is 18.6 Å². The minimum atomic E-state index is -0.794. The summed E-state index contributed by atoms with van der Waals surface area (Å²) < 4.78 is 11.8. The minimum absolute atomic E-state index is 0.0474. The summed E-state index contributed by atoms with van der Waals surface area (Å²) >= 11 is 0. The van der Waals surface area contributed by atoms with Crippen molar-refractivity contribution in [2.45, 2.75) is 5.41 Å². The topological polar surface area (TPSA) is 58.9 Å². The SMILES string of the molecule is OCCOc1ccc2cc(C3(c4ccc5cc(OCCO)ccc5c4)c4cccc(-c5c6ccccc6cc6ccccc56)c4-c4c(-c5c6ccccc6cc6ccccc56)cccc43)ccc2c1. The fraction of sp³-hybridized carbons (Fsp3) is 0.0769. The lowest BCUT2D eigenvalue weighted by molar-refractivity contribution is 0.201. The van der Waals surface area contributed by atoms with Crippen LogP contribution in [0.25, 0.3) is 98.0 Å². The highest BCUT2D eigenvalue weighted by atomic mass is 16.5. The van der Waals surface area contributed by atoms with Crippen LogP contribution < -0.4 is 9.47 Å². The Hall–Kier alpha value is -8.28. The zero-order valence-corrected chi connectivity index (χ0v) is 37.8. The zero-order chi connectivity index (χ0) is 46.1. The van der Waals surface area contributed by atoms with E-state index in [9.17, 15) is 10.2 Å². The van der Waals surface area contributed by atoms with Gasteiger partial charge in [0, 0.05) is 0 Å². The van der Waals surface area contributed by atoms with E-state index in [4.69, 9.17) is 9.47 Å². The molecule has 330 valence electrons. The number of ether oxygens (including phenoxy) is 2. The van der Waals surface area contributed by atoms with Gasteiger partial charge >= 0.3 is 0 Å². The van der Waals surface area contributed by atoms with Gasteiger partial charge in [-0.05, 0) is 169 Å². The van der Waals surface area contributed by atoms with Crippen molar-refractivity contribution in [1.29, 1.82) is 0 Å². The van der Waals surface area contributed by atoms with E-state index < -0.39 is 5.41 Å². The van der Waals surface area contributed by atoms with Crippen LogP contribution in [-0.2, 0) is 5.41 Å². The predicted octanol–water partition coefficient (Wildman–Crippen LogP) is 15.0. The van der Waals surface area contributed by atoms with Gasteiger partial charge in [0.2, 0.25) is 0 Å². The molecule has 0 bridgehead atoms.